The Kier molecular flexibility index (Phi) is 2.12. The third-order valence-corrected chi connectivity index (χ3v) is 1.82. The average Bonchev–Trinajstić information content (AvgIpc) is 1.97. The maximum absolute atomic E-state index is 10.7. The number of hydrogen-bond acceptors (Lipinski definition) is 4. The van der Waals surface area contributed by atoms with Crippen LogP contribution in [0, 0.1) is 0 Å². The lowest BCUT2D eigenvalue weighted by Gasteiger charge is -2.33. The Morgan fingerprint density at radius 3 is 2.36 bits per heavy atom. The first kappa shape index (κ1) is 8.45. The van der Waals surface area contributed by atoms with E-state index in [4.69, 9.17) is 15.3 Å². The molecule has 4 N–H and O–H groups in total. The molecule has 0 aliphatic carbocycles. The summed E-state index contributed by atoms with van der Waals surface area (Å²) in [6.45, 7) is 1.55. The number of carbonyl (C=O) groups excluding carboxylic acids is 1. The highest BCUT2D eigenvalue weighted by Crippen LogP contribution is 2.10. The van der Waals surface area contributed by atoms with Gasteiger partial charge in [-0.15, -0.1) is 0 Å². The van der Waals surface area contributed by atoms with Gasteiger partial charge in [0.25, 0.3) is 5.91 Å². The van der Waals surface area contributed by atoms with E-state index in [9.17, 15) is 4.79 Å². The summed E-state index contributed by atoms with van der Waals surface area (Å²) in [5.41, 5.74) is 0. The molecule has 4 atom stereocenters. The highest BCUT2D eigenvalue weighted by molar-refractivity contribution is 5.82. The van der Waals surface area contributed by atoms with E-state index in [0.29, 0.717) is 0 Å². The Morgan fingerprint density at radius 2 is 1.82 bits per heavy atom. The number of rotatable bonds is 0. The third-order valence-electron chi connectivity index (χ3n) is 1.82. The predicted molar refractivity (Wildman–Crippen MR) is 35.6 cm³/mol. The highest BCUT2D eigenvalue weighted by atomic mass is 16.4. The van der Waals surface area contributed by atoms with E-state index < -0.39 is 30.3 Å². The molecule has 0 radical (unpaired) electrons. The molecule has 11 heavy (non-hydrogen) atoms. The topological polar surface area (TPSA) is 89.8 Å². The first-order chi connectivity index (χ1) is 5.04. The minimum absolute atomic E-state index is 0.513. The summed E-state index contributed by atoms with van der Waals surface area (Å²) in [4.78, 5) is 10.7. The quantitative estimate of drug-likeness (QED) is 0.318. The van der Waals surface area contributed by atoms with Crippen LogP contribution < -0.4 is 5.32 Å². The van der Waals surface area contributed by atoms with E-state index in [1.807, 2.05) is 0 Å². The zero-order valence-corrected chi connectivity index (χ0v) is 6.06. The summed E-state index contributed by atoms with van der Waals surface area (Å²) < 4.78 is 0. The van der Waals surface area contributed by atoms with Gasteiger partial charge in [0.2, 0.25) is 0 Å². The zero-order chi connectivity index (χ0) is 8.59. The van der Waals surface area contributed by atoms with Gasteiger partial charge >= 0.3 is 0 Å². The maximum Gasteiger partial charge on any atom is 0.251 e. The van der Waals surface area contributed by atoms with E-state index in [0.717, 1.165) is 0 Å². The van der Waals surface area contributed by atoms with Gasteiger partial charge in [-0.1, -0.05) is 0 Å². The Labute approximate surface area is 63.7 Å². The fourth-order valence-electron chi connectivity index (χ4n) is 1.03. The minimum atomic E-state index is -1.51. The third kappa shape index (κ3) is 1.35. The van der Waals surface area contributed by atoms with Crippen molar-refractivity contribution < 1.29 is 20.1 Å². The number of amides is 1. The van der Waals surface area contributed by atoms with Crippen molar-refractivity contribution in [2.24, 2.45) is 0 Å². The normalized spacial score (nSPS) is 45.3. The van der Waals surface area contributed by atoms with Crippen molar-refractivity contribution >= 4 is 5.91 Å². The SMILES string of the molecule is C[C@@H]1NC(=O)[C@H](O)[C@@H](O)[C@H]1O. The lowest BCUT2D eigenvalue weighted by Crippen LogP contribution is -2.61. The second-order valence-electron chi connectivity index (χ2n) is 2.72. The van der Waals surface area contributed by atoms with Gasteiger partial charge in [-0.3, -0.25) is 4.79 Å². The van der Waals surface area contributed by atoms with Crippen LogP contribution in [0.15, 0.2) is 0 Å². The van der Waals surface area contributed by atoms with Crippen LogP contribution in [-0.2, 0) is 4.79 Å². The summed E-state index contributed by atoms with van der Waals surface area (Å²) >= 11 is 0. The molecule has 0 aromatic rings. The molecular weight excluding hydrogens is 150 g/mol. The number of carbonyl (C=O) groups is 1. The van der Waals surface area contributed by atoms with Crippen molar-refractivity contribution in [1.82, 2.24) is 5.32 Å². The van der Waals surface area contributed by atoms with Gasteiger partial charge in [-0.05, 0) is 6.92 Å². The zero-order valence-electron chi connectivity index (χ0n) is 6.06. The van der Waals surface area contributed by atoms with Crippen molar-refractivity contribution in [3.05, 3.63) is 0 Å². The van der Waals surface area contributed by atoms with Crippen molar-refractivity contribution in [2.45, 2.75) is 31.3 Å². The van der Waals surface area contributed by atoms with Crippen molar-refractivity contribution in [2.75, 3.05) is 0 Å². The largest absolute Gasteiger partial charge is 0.388 e. The number of hydrogen-bond donors (Lipinski definition) is 4. The molecule has 5 nitrogen and oxygen atoms in total. The molecule has 1 fully saturated rings. The van der Waals surface area contributed by atoms with Gasteiger partial charge in [0.1, 0.15) is 12.2 Å². The van der Waals surface area contributed by atoms with E-state index >= 15 is 0 Å². The van der Waals surface area contributed by atoms with Crippen LogP contribution in [0.2, 0.25) is 0 Å². The minimum Gasteiger partial charge on any atom is -0.388 e. The van der Waals surface area contributed by atoms with Crippen LogP contribution >= 0.6 is 0 Å². The molecule has 64 valence electrons. The molecule has 1 aliphatic rings. The van der Waals surface area contributed by atoms with E-state index in [1.165, 1.54) is 0 Å². The van der Waals surface area contributed by atoms with Gasteiger partial charge in [-0.25, -0.2) is 0 Å². The number of aliphatic hydroxyl groups excluding tert-OH is 3. The molecule has 0 bridgehead atoms. The second-order valence-corrected chi connectivity index (χ2v) is 2.72. The molecule has 1 heterocycles. The van der Waals surface area contributed by atoms with Crippen LogP contribution in [0.3, 0.4) is 0 Å². The molecular formula is C6H11NO4. The standard InChI is InChI=1S/C6H11NO4/c1-2-3(8)4(9)5(10)6(11)7-2/h2-5,8-10H,1H3,(H,7,11)/t2-,3-,4-,5+/m0/s1. The Morgan fingerprint density at radius 1 is 1.27 bits per heavy atom. The van der Waals surface area contributed by atoms with Gasteiger partial charge < -0.3 is 20.6 Å². The van der Waals surface area contributed by atoms with Crippen molar-refractivity contribution in [3.63, 3.8) is 0 Å². The summed E-state index contributed by atoms with van der Waals surface area (Å²) in [5.74, 6) is -0.643. The van der Waals surface area contributed by atoms with Crippen LogP contribution in [0.5, 0.6) is 0 Å². The Bertz CT molecular complexity index is 172. The van der Waals surface area contributed by atoms with Crippen LogP contribution in [-0.4, -0.2) is 45.6 Å². The molecule has 0 aromatic heterocycles. The molecule has 0 aromatic carbocycles. The monoisotopic (exact) mass is 161 g/mol. The van der Waals surface area contributed by atoms with Crippen LogP contribution in [0.1, 0.15) is 6.92 Å². The summed E-state index contributed by atoms with van der Waals surface area (Å²) in [7, 11) is 0. The predicted octanol–water partition coefficient (Wildman–Crippen LogP) is -2.41. The molecule has 1 rings (SSSR count). The van der Waals surface area contributed by atoms with Crippen LogP contribution in [0.4, 0.5) is 0 Å². The lowest BCUT2D eigenvalue weighted by atomic mass is 9.97. The molecule has 0 spiro atoms. The fraction of sp³-hybridized carbons (Fsp3) is 0.833. The Balaban J connectivity index is 2.70. The van der Waals surface area contributed by atoms with Crippen molar-refractivity contribution in [3.8, 4) is 0 Å². The Hall–Kier alpha value is -0.650. The highest BCUT2D eigenvalue weighted by Gasteiger charge is 2.39. The van der Waals surface area contributed by atoms with E-state index in [1.54, 1.807) is 6.92 Å². The van der Waals surface area contributed by atoms with Gasteiger partial charge in [0, 0.05) is 0 Å². The average molecular weight is 161 g/mol. The summed E-state index contributed by atoms with van der Waals surface area (Å²) in [6.07, 6.45) is -3.98. The first-order valence-corrected chi connectivity index (χ1v) is 3.38. The molecule has 0 saturated carbocycles. The number of nitrogens with one attached hydrogen (secondary N) is 1. The summed E-state index contributed by atoms with van der Waals surface area (Å²) in [5, 5.41) is 29.4. The second kappa shape index (κ2) is 2.77. The van der Waals surface area contributed by atoms with Gasteiger partial charge in [-0.2, -0.15) is 0 Å². The maximum atomic E-state index is 10.7. The van der Waals surface area contributed by atoms with Gasteiger partial charge in [0.05, 0.1) is 6.04 Å². The fourth-order valence-corrected chi connectivity index (χ4v) is 1.03. The molecule has 1 amide bonds. The molecule has 1 aliphatic heterocycles. The first-order valence-electron chi connectivity index (χ1n) is 3.38. The smallest absolute Gasteiger partial charge is 0.251 e. The van der Waals surface area contributed by atoms with E-state index in [2.05, 4.69) is 5.32 Å². The number of piperidine rings is 1. The summed E-state index contributed by atoms with van der Waals surface area (Å²) in [6, 6.07) is -0.513. The molecule has 1 saturated heterocycles. The van der Waals surface area contributed by atoms with Gasteiger partial charge in [0.15, 0.2) is 6.10 Å². The molecule has 0 unspecified atom stereocenters. The number of aliphatic hydroxyl groups is 3. The van der Waals surface area contributed by atoms with E-state index in [-0.39, 0.29) is 0 Å². The lowest BCUT2D eigenvalue weighted by molar-refractivity contribution is -0.152. The van der Waals surface area contributed by atoms with Crippen LogP contribution in [0.25, 0.3) is 0 Å². The van der Waals surface area contributed by atoms with Crippen molar-refractivity contribution in [1.29, 1.82) is 0 Å². The molecule has 5 heteroatoms.